The maximum Gasteiger partial charge on any atom is 0.276 e. The fourth-order valence-corrected chi connectivity index (χ4v) is 5.97. The summed E-state index contributed by atoms with van der Waals surface area (Å²) in [6, 6.07) is 4.97. The molecule has 2 aliphatic heterocycles. The summed E-state index contributed by atoms with van der Waals surface area (Å²) in [7, 11) is -3.68. The molecule has 4 rings (SSSR count). The molecule has 0 radical (unpaired) electrons. The van der Waals surface area contributed by atoms with Crippen molar-refractivity contribution in [2.24, 2.45) is 0 Å². The zero-order chi connectivity index (χ0) is 22.7. The van der Waals surface area contributed by atoms with Gasteiger partial charge in [-0.2, -0.15) is 4.31 Å². The van der Waals surface area contributed by atoms with Crippen LogP contribution in [0.2, 0.25) is 0 Å². The van der Waals surface area contributed by atoms with Gasteiger partial charge in [0, 0.05) is 43.0 Å². The number of furan rings is 1. The Morgan fingerprint density at radius 1 is 1.00 bits per heavy atom. The normalized spacial score (nSPS) is 19.1. The standard InChI is InChI=1S/C23H34N4O4S/c1-3-19-17-20(18(2)24-23(19)28)21-7-8-22(31-21)32(29,30)27-15-13-26(14-16-27)12-6-11-25-9-4-5-10-25/h7-8,17H,3-6,9-16H2,1-2H3,(H,24,28). The first-order chi connectivity index (χ1) is 15.4. The summed E-state index contributed by atoms with van der Waals surface area (Å²) in [6.07, 6.45) is 4.35. The number of sulfonamides is 1. The van der Waals surface area contributed by atoms with Crippen LogP contribution < -0.4 is 5.56 Å². The number of aryl methyl sites for hydroxylation is 2. The molecule has 0 aliphatic carbocycles. The van der Waals surface area contributed by atoms with Crippen LogP contribution in [0.5, 0.6) is 0 Å². The Balaban J connectivity index is 1.37. The number of hydrogen-bond acceptors (Lipinski definition) is 6. The van der Waals surface area contributed by atoms with Gasteiger partial charge in [0.15, 0.2) is 0 Å². The molecule has 8 nitrogen and oxygen atoms in total. The molecule has 0 saturated carbocycles. The van der Waals surface area contributed by atoms with Crippen LogP contribution in [-0.2, 0) is 16.4 Å². The second kappa shape index (κ2) is 9.91. The molecule has 1 N–H and O–H groups in total. The Morgan fingerprint density at radius 2 is 1.66 bits per heavy atom. The number of aromatic nitrogens is 1. The third-order valence-corrected chi connectivity index (χ3v) is 8.39. The first-order valence-corrected chi connectivity index (χ1v) is 13.1. The minimum Gasteiger partial charge on any atom is -0.443 e. The number of likely N-dealkylation sites (tertiary alicyclic amines) is 1. The Morgan fingerprint density at radius 3 is 2.31 bits per heavy atom. The number of aromatic amines is 1. The molecule has 4 heterocycles. The van der Waals surface area contributed by atoms with E-state index < -0.39 is 10.0 Å². The summed E-state index contributed by atoms with van der Waals surface area (Å²) in [4.78, 5) is 19.7. The largest absolute Gasteiger partial charge is 0.443 e. The van der Waals surface area contributed by atoms with Gasteiger partial charge in [0.1, 0.15) is 5.76 Å². The molecular weight excluding hydrogens is 428 g/mol. The SMILES string of the molecule is CCc1cc(-c2ccc(S(=O)(=O)N3CCN(CCCN4CCCC4)CC3)o2)c(C)[nH]c1=O. The van der Waals surface area contributed by atoms with Gasteiger partial charge in [0.25, 0.3) is 15.6 Å². The summed E-state index contributed by atoms with van der Waals surface area (Å²) in [5.41, 5.74) is 1.90. The molecule has 0 atom stereocenters. The Hall–Kier alpha value is -1.94. The fourth-order valence-electron chi connectivity index (χ4n) is 4.63. The number of nitrogens with one attached hydrogen (secondary N) is 1. The van der Waals surface area contributed by atoms with Crippen molar-refractivity contribution in [2.45, 2.75) is 44.6 Å². The van der Waals surface area contributed by atoms with E-state index in [0.717, 1.165) is 32.6 Å². The van der Waals surface area contributed by atoms with Crippen LogP contribution in [0.1, 0.15) is 37.4 Å². The molecule has 2 aliphatic rings. The van der Waals surface area contributed by atoms with Gasteiger partial charge in [-0.1, -0.05) is 6.92 Å². The van der Waals surface area contributed by atoms with Crippen LogP contribution in [0, 0.1) is 6.92 Å². The summed E-state index contributed by atoms with van der Waals surface area (Å²) < 4.78 is 33.6. The molecule has 2 saturated heterocycles. The van der Waals surface area contributed by atoms with Crippen LogP contribution in [0.25, 0.3) is 11.3 Å². The molecule has 2 fully saturated rings. The average Bonchev–Trinajstić information content (AvgIpc) is 3.47. The van der Waals surface area contributed by atoms with E-state index in [1.54, 1.807) is 19.1 Å². The summed E-state index contributed by atoms with van der Waals surface area (Å²) in [6.45, 7) is 10.7. The van der Waals surface area contributed by atoms with E-state index in [-0.39, 0.29) is 10.7 Å². The second-order valence-electron chi connectivity index (χ2n) is 8.78. The molecular formula is C23H34N4O4S. The highest BCUT2D eigenvalue weighted by molar-refractivity contribution is 7.89. The van der Waals surface area contributed by atoms with Gasteiger partial charge in [-0.15, -0.1) is 0 Å². The monoisotopic (exact) mass is 462 g/mol. The van der Waals surface area contributed by atoms with Gasteiger partial charge >= 0.3 is 0 Å². The number of hydrogen-bond donors (Lipinski definition) is 1. The highest BCUT2D eigenvalue weighted by Gasteiger charge is 2.31. The molecule has 2 aromatic rings. The number of H-pyrrole nitrogens is 1. The number of pyridine rings is 1. The summed E-state index contributed by atoms with van der Waals surface area (Å²) >= 11 is 0. The smallest absolute Gasteiger partial charge is 0.276 e. The lowest BCUT2D eigenvalue weighted by atomic mass is 10.1. The first-order valence-electron chi connectivity index (χ1n) is 11.7. The van der Waals surface area contributed by atoms with E-state index >= 15 is 0 Å². The molecule has 0 unspecified atom stereocenters. The highest BCUT2D eigenvalue weighted by Crippen LogP contribution is 2.28. The van der Waals surface area contributed by atoms with Crippen LogP contribution in [0.4, 0.5) is 0 Å². The number of piperazine rings is 1. The molecule has 176 valence electrons. The third-order valence-electron chi connectivity index (χ3n) is 6.62. The van der Waals surface area contributed by atoms with E-state index in [4.69, 9.17) is 4.42 Å². The second-order valence-corrected chi connectivity index (χ2v) is 10.7. The van der Waals surface area contributed by atoms with Crippen molar-refractivity contribution in [3.8, 4) is 11.3 Å². The van der Waals surface area contributed by atoms with Gasteiger partial charge in [-0.05, 0) is 77.0 Å². The van der Waals surface area contributed by atoms with Gasteiger partial charge in [0.2, 0.25) is 5.09 Å². The van der Waals surface area contributed by atoms with Gasteiger partial charge in [-0.25, -0.2) is 8.42 Å². The topological polar surface area (TPSA) is 89.9 Å². The van der Waals surface area contributed by atoms with Crippen LogP contribution >= 0.6 is 0 Å². The maximum atomic E-state index is 13.1. The quantitative estimate of drug-likeness (QED) is 0.648. The summed E-state index contributed by atoms with van der Waals surface area (Å²) in [5, 5.41) is -0.0429. The van der Waals surface area contributed by atoms with Crippen molar-refractivity contribution in [1.82, 2.24) is 19.1 Å². The molecule has 0 spiro atoms. The van der Waals surface area contributed by atoms with Crippen molar-refractivity contribution in [3.05, 3.63) is 39.8 Å². The van der Waals surface area contributed by atoms with Crippen molar-refractivity contribution in [3.63, 3.8) is 0 Å². The summed E-state index contributed by atoms with van der Waals surface area (Å²) in [5.74, 6) is 0.451. The predicted octanol–water partition coefficient (Wildman–Crippen LogP) is 2.30. The Bertz CT molecular complexity index is 1080. The molecule has 2 aromatic heterocycles. The highest BCUT2D eigenvalue weighted by atomic mass is 32.2. The number of rotatable bonds is 8. The van der Waals surface area contributed by atoms with E-state index in [1.165, 1.54) is 36.3 Å². The Labute approximate surface area is 190 Å². The predicted molar refractivity (Wildman–Crippen MR) is 124 cm³/mol. The van der Waals surface area contributed by atoms with Crippen molar-refractivity contribution >= 4 is 10.0 Å². The van der Waals surface area contributed by atoms with Gasteiger partial charge in [0.05, 0.1) is 0 Å². The zero-order valence-corrected chi connectivity index (χ0v) is 19.9. The Kier molecular flexibility index (Phi) is 7.19. The van der Waals surface area contributed by atoms with E-state index in [1.807, 2.05) is 6.92 Å². The van der Waals surface area contributed by atoms with Crippen LogP contribution in [0.3, 0.4) is 0 Å². The fraction of sp³-hybridized carbons (Fsp3) is 0.609. The van der Waals surface area contributed by atoms with Crippen molar-refractivity contribution < 1.29 is 12.8 Å². The van der Waals surface area contributed by atoms with E-state index in [2.05, 4.69) is 14.8 Å². The number of nitrogens with zero attached hydrogens (tertiary/aromatic N) is 3. The minimum absolute atomic E-state index is 0.0429. The van der Waals surface area contributed by atoms with E-state index in [0.29, 0.717) is 42.1 Å². The van der Waals surface area contributed by atoms with Crippen molar-refractivity contribution in [2.75, 3.05) is 52.4 Å². The van der Waals surface area contributed by atoms with Crippen LogP contribution in [0.15, 0.2) is 32.5 Å². The van der Waals surface area contributed by atoms with E-state index in [9.17, 15) is 13.2 Å². The maximum absolute atomic E-state index is 13.1. The lowest BCUT2D eigenvalue weighted by Gasteiger charge is -2.33. The third kappa shape index (κ3) is 5.01. The molecule has 0 aromatic carbocycles. The lowest BCUT2D eigenvalue weighted by Crippen LogP contribution is -2.48. The molecule has 32 heavy (non-hydrogen) atoms. The molecule has 0 bridgehead atoms. The average molecular weight is 463 g/mol. The van der Waals surface area contributed by atoms with Crippen LogP contribution in [-0.4, -0.2) is 79.9 Å². The van der Waals surface area contributed by atoms with Gasteiger partial charge in [-0.3, -0.25) is 4.79 Å². The van der Waals surface area contributed by atoms with Gasteiger partial charge < -0.3 is 19.2 Å². The minimum atomic E-state index is -3.68. The molecule has 9 heteroatoms. The first kappa shape index (κ1) is 23.2. The zero-order valence-electron chi connectivity index (χ0n) is 19.1. The lowest BCUT2D eigenvalue weighted by molar-refractivity contribution is 0.177. The van der Waals surface area contributed by atoms with Crippen molar-refractivity contribution in [1.29, 1.82) is 0 Å². The molecule has 0 amide bonds.